The molecule has 2 rings (SSSR count). The molecule has 0 radical (unpaired) electrons. The Morgan fingerprint density at radius 3 is 2.50 bits per heavy atom. The predicted octanol–water partition coefficient (Wildman–Crippen LogP) is 3.53. The number of aromatic nitrogens is 2. The molecule has 18 heavy (non-hydrogen) atoms. The standard InChI is InChI=1S/C11H5BrF3N3/c12-8-5-7(6-16)1-2-9(8)18-4-3-10(17-18)11(13,14)15/h1-5H. The van der Waals surface area contributed by atoms with Crippen LogP contribution in [0.25, 0.3) is 5.69 Å². The first-order valence-corrected chi connectivity index (χ1v) is 5.54. The minimum Gasteiger partial charge on any atom is -0.239 e. The van der Waals surface area contributed by atoms with Crippen molar-refractivity contribution in [3.05, 3.63) is 46.2 Å². The Labute approximate surface area is 109 Å². The molecular weight excluding hydrogens is 311 g/mol. The highest BCUT2D eigenvalue weighted by atomic mass is 79.9. The van der Waals surface area contributed by atoms with E-state index in [-0.39, 0.29) is 0 Å². The van der Waals surface area contributed by atoms with Gasteiger partial charge in [0.2, 0.25) is 0 Å². The van der Waals surface area contributed by atoms with E-state index < -0.39 is 11.9 Å². The summed E-state index contributed by atoms with van der Waals surface area (Å²) in [6.45, 7) is 0. The number of benzene rings is 1. The number of hydrogen-bond donors (Lipinski definition) is 0. The van der Waals surface area contributed by atoms with E-state index in [0.29, 0.717) is 15.7 Å². The molecule has 1 aromatic carbocycles. The third-order valence-electron chi connectivity index (χ3n) is 2.20. The zero-order valence-corrected chi connectivity index (χ0v) is 10.3. The third-order valence-corrected chi connectivity index (χ3v) is 2.84. The molecule has 0 saturated carbocycles. The lowest BCUT2D eigenvalue weighted by atomic mass is 10.2. The first-order chi connectivity index (χ1) is 8.41. The minimum atomic E-state index is -4.47. The molecule has 0 fully saturated rings. The summed E-state index contributed by atoms with van der Waals surface area (Å²) in [7, 11) is 0. The van der Waals surface area contributed by atoms with Crippen molar-refractivity contribution >= 4 is 15.9 Å². The van der Waals surface area contributed by atoms with Crippen LogP contribution in [0.2, 0.25) is 0 Å². The van der Waals surface area contributed by atoms with Crippen LogP contribution in [0.5, 0.6) is 0 Å². The van der Waals surface area contributed by atoms with E-state index in [4.69, 9.17) is 5.26 Å². The molecule has 0 amide bonds. The summed E-state index contributed by atoms with van der Waals surface area (Å²) < 4.78 is 38.8. The van der Waals surface area contributed by atoms with Gasteiger partial charge in [-0.2, -0.15) is 23.5 Å². The molecule has 0 N–H and O–H groups in total. The van der Waals surface area contributed by atoms with Crippen LogP contribution in [-0.4, -0.2) is 9.78 Å². The van der Waals surface area contributed by atoms with Crippen LogP contribution in [0.15, 0.2) is 34.9 Å². The zero-order chi connectivity index (χ0) is 13.3. The van der Waals surface area contributed by atoms with Crippen LogP contribution in [0.1, 0.15) is 11.3 Å². The van der Waals surface area contributed by atoms with Crippen LogP contribution >= 0.6 is 15.9 Å². The average molecular weight is 316 g/mol. The molecule has 0 atom stereocenters. The van der Waals surface area contributed by atoms with Gasteiger partial charge >= 0.3 is 6.18 Å². The lowest BCUT2D eigenvalue weighted by Gasteiger charge is -2.05. The van der Waals surface area contributed by atoms with Crippen molar-refractivity contribution in [2.24, 2.45) is 0 Å². The van der Waals surface area contributed by atoms with Crippen molar-refractivity contribution in [2.75, 3.05) is 0 Å². The smallest absolute Gasteiger partial charge is 0.239 e. The summed E-state index contributed by atoms with van der Waals surface area (Å²) in [6, 6.07) is 7.38. The molecule has 3 nitrogen and oxygen atoms in total. The van der Waals surface area contributed by atoms with Gasteiger partial charge < -0.3 is 0 Å². The Morgan fingerprint density at radius 2 is 2.00 bits per heavy atom. The Hall–Kier alpha value is -1.81. The van der Waals surface area contributed by atoms with Crippen LogP contribution in [0.3, 0.4) is 0 Å². The maximum absolute atomic E-state index is 12.4. The van der Waals surface area contributed by atoms with Crippen LogP contribution in [-0.2, 0) is 6.18 Å². The van der Waals surface area contributed by atoms with Crippen LogP contribution in [0, 0.1) is 11.3 Å². The van der Waals surface area contributed by atoms with Crippen molar-refractivity contribution in [3.63, 3.8) is 0 Å². The Bertz CT molecular complexity index is 625. The minimum absolute atomic E-state index is 0.411. The molecule has 0 aliphatic rings. The maximum Gasteiger partial charge on any atom is 0.435 e. The second-order valence-corrected chi connectivity index (χ2v) is 4.28. The second kappa shape index (κ2) is 4.46. The topological polar surface area (TPSA) is 41.6 Å². The lowest BCUT2D eigenvalue weighted by Crippen LogP contribution is -2.07. The van der Waals surface area contributed by atoms with Crippen molar-refractivity contribution < 1.29 is 13.2 Å². The van der Waals surface area contributed by atoms with E-state index in [1.807, 2.05) is 6.07 Å². The van der Waals surface area contributed by atoms with Gasteiger partial charge in [-0.15, -0.1) is 0 Å². The van der Waals surface area contributed by atoms with Crippen LogP contribution in [0.4, 0.5) is 13.2 Å². The molecule has 0 aliphatic heterocycles. The van der Waals surface area contributed by atoms with E-state index in [1.165, 1.54) is 24.4 Å². The Balaban J connectivity index is 2.44. The number of nitrogens with zero attached hydrogens (tertiary/aromatic N) is 3. The normalized spacial score (nSPS) is 11.3. The largest absolute Gasteiger partial charge is 0.435 e. The van der Waals surface area contributed by atoms with Gasteiger partial charge in [0.05, 0.1) is 17.3 Å². The summed E-state index contributed by atoms with van der Waals surface area (Å²) in [5.74, 6) is 0. The summed E-state index contributed by atoms with van der Waals surface area (Å²) in [5.41, 5.74) is -0.114. The Kier molecular flexibility index (Phi) is 3.13. The van der Waals surface area contributed by atoms with Gasteiger partial charge in [-0.25, -0.2) is 4.68 Å². The fourth-order valence-corrected chi connectivity index (χ4v) is 1.93. The van der Waals surface area contributed by atoms with Gasteiger partial charge in [-0.3, -0.25) is 0 Å². The zero-order valence-electron chi connectivity index (χ0n) is 8.74. The van der Waals surface area contributed by atoms with E-state index in [9.17, 15) is 13.2 Å². The highest BCUT2D eigenvalue weighted by Crippen LogP contribution is 2.29. The third kappa shape index (κ3) is 2.38. The number of nitriles is 1. The molecule has 0 bridgehead atoms. The molecule has 0 aliphatic carbocycles. The summed E-state index contributed by atoms with van der Waals surface area (Å²) >= 11 is 3.19. The van der Waals surface area contributed by atoms with E-state index in [0.717, 1.165) is 10.7 Å². The van der Waals surface area contributed by atoms with Gasteiger partial charge in [0.25, 0.3) is 0 Å². The number of alkyl halides is 3. The number of hydrogen-bond acceptors (Lipinski definition) is 2. The van der Waals surface area contributed by atoms with Crippen LogP contribution < -0.4 is 0 Å². The number of rotatable bonds is 1. The average Bonchev–Trinajstić information content (AvgIpc) is 2.77. The lowest BCUT2D eigenvalue weighted by molar-refractivity contribution is -0.141. The maximum atomic E-state index is 12.4. The highest BCUT2D eigenvalue weighted by Gasteiger charge is 2.33. The van der Waals surface area contributed by atoms with Crippen molar-refractivity contribution in [1.82, 2.24) is 9.78 Å². The fourth-order valence-electron chi connectivity index (χ4n) is 1.37. The van der Waals surface area contributed by atoms with Gasteiger partial charge in [0, 0.05) is 10.7 Å². The highest BCUT2D eigenvalue weighted by molar-refractivity contribution is 9.10. The molecule has 7 heteroatoms. The summed E-state index contributed by atoms with van der Waals surface area (Å²) in [4.78, 5) is 0. The second-order valence-electron chi connectivity index (χ2n) is 3.42. The van der Waals surface area contributed by atoms with Crippen molar-refractivity contribution in [1.29, 1.82) is 5.26 Å². The first-order valence-electron chi connectivity index (χ1n) is 4.74. The molecule has 0 saturated heterocycles. The summed E-state index contributed by atoms with van der Waals surface area (Å²) in [5, 5.41) is 12.1. The van der Waals surface area contributed by atoms with Gasteiger partial charge in [0.15, 0.2) is 5.69 Å². The van der Waals surface area contributed by atoms with E-state index in [1.54, 1.807) is 0 Å². The van der Waals surface area contributed by atoms with Crippen molar-refractivity contribution in [2.45, 2.75) is 6.18 Å². The first kappa shape index (κ1) is 12.6. The quantitative estimate of drug-likeness (QED) is 0.808. The fraction of sp³-hybridized carbons (Fsp3) is 0.0909. The molecule has 1 heterocycles. The van der Waals surface area contributed by atoms with Gasteiger partial charge in [-0.05, 0) is 40.2 Å². The molecule has 2 aromatic rings. The number of halogens is 4. The molecule has 92 valence electrons. The summed E-state index contributed by atoms with van der Waals surface area (Å²) in [6.07, 6.45) is -3.25. The SMILES string of the molecule is N#Cc1ccc(-n2ccc(C(F)(F)F)n2)c(Br)c1. The molecular formula is C11H5BrF3N3. The van der Waals surface area contributed by atoms with Gasteiger partial charge in [-0.1, -0.05) is 0 Å². The van der Waals surface area contributed by atoms with E-state index in [2.05, 4.69) is 21.0 Å². The van der Waals surface area contributed by atoms with E-state index >= 15 is 0 Å². The molecule has 1 aromatic heterocycles. The Morgan fingerprint density at radius 1 is 1.28 bits per heavy atom. The predicted molar refractivity (Wildman–Crippen MR) is 61.0 cm³/mol. The monoisotopic (exact) mass is 315 g/mol. The molecule has 0 unspecified atom stereocenters. The van der Waals surface area contributed by atoms with Crippen molar-refractivity contribution in [3.8, 4) is 11.8 Å². The molecule has 0 spiro atoms. The van der Waals surface area contributed by atoms with Gasteiger partial charge in [0.1, 0.15) is 0 Å².